The lowest BCUT2D eigenvalue weighted by Gasteiger charge is -2.03. The van der Waals surface area contributed by atoms with Crippen LogP contribution in [-0.2, 0) is 12.8 Å². The Hall–Kier alpha value is -4.33. The minimum atomic E-state index is -0.294. The molecule has 1 heteroatoms. The average Bonchev–Trinajstić information content (AvgIpc) is 2.92. The molecule has 0 aliphatic rings. The molecule has 0 aromatic heterocycles. The van der Waals surface area contributed by atoms with Crippen LogP contribution in [0, 0.1) is 29.5 Å². The Balaban J connectivity index is 1.48. The molecule has 0 nitrogen and oxygen atoms in total. The quantitative estimate of drug-likeness (QED) is 0.197. The number of hydrogen-bond donors (Lipinski definition) is 0. The molecule has 4 rings (SSSR count). The maximum Gasteiger partial charge on any atom is 0.146 e. The van der Waals surface area contributed by atoms with E-state index >= 15 is 4.39 Å². The zero-order chi connectivity index (χ0) is 25.2. The van der Waals surface area contributed by atoms with Crippen molar-refractivity contribution < 1.29 is 4.39 Å². The van der Waals surface area contributed by atoms with Crippen molar-refractivity contribution in [3.05, 3.63) is 143 Å². The summed E-state index contributed by atoms with van der Waals surface area (Å²) >= 11 is 0. The van der Waals surface area contributed by atoms with Crippen molar-refractivity contribution in [2.45, 2.75) is 32.6 Å². The Morgan fingerprint density at radius 2 is 1.28 bits per heavy atom. The zero-order valence-corrected chi connectivity index (χ0v) is 20.7. The minimum absolute atomic E-state index is 0.294. The van der Waals surface area contributed by atoms with Gasteiger partial charge in [-0.05, 0) is 91.6 Å². The van der Waals surface area contributed by atoms with Gasteiger partial charge in [0.2, 0.25) is 0 Å². The third-order valence-electron chi connectivity index (χ3n) is 6.03. The van der Waals surface area contributed by atoms with E-state index in [-0.39, 0.29) is 5.82 Å². The second-order valence-electron chi connectivity index (χ2n) is 8.69. The van der Waals surface area contributed by atoms with Crippen molar-refractivity contribution in [3.63, 3.8) is 0 Å². The Bertz CT molecular complexity index is 1500. The maximum absolute atomic E-state index is 15.2. The highest BCUT2D eigenvalue weighted by molar-refractivity contribution is 5.86. The highest BCUT2D eigenvalue weighted by atomic mass is 19.1. The zero-order valence-electron chi connectivity index (χ0n) is 20.7. The van der Waals surface area contributed by atoms with Gasteiger partial charge in [0.25, 0.3) is 0 Å². The van der Waals surface area contributed by atoms with Gasteiger partial charge in [-0.25, -0.2) is 4.39 Å². The monoisotopic (exact) mass is 468 g/mol. The molecule has 0 amide bonds. The number of fused-ring (bicyclic) bond motifs is 1. The summed E-state index contributed by atoms with van der Waals surface area (Å²) in [4.78, 5) is 0. The number of allylic oxidation sites excluding steroid dienone is 3. The van der Waals surface area contributed by atoms with Crippen molar-refractivity contribution in [2.75, 3.05) is 0 Å². The molecule has 0 heterocycles. The van der Waals surface area contributed by atoms with Crippen LogP contribution < -0.4 is 0 Å². The Labute approximate surface area is 214 Å². The molecule has 0 saturated heterocycles. The predicted molar refractivity (Wildman–Crippen MR) is 150 cm³/mol. The molecular formula is C35H29F. The van der Waals surface area contributed by atoms with Crippen LogP contribution in [0.2, 0.25) is 0 Å². The summed E-state index contributed by atoms with van der Waals surface area (Å²) in [5, 5.41) is 1.37. The molecule has 0 radical (unpaired) electrons. The van der Waals surface area contributed by atoms with Crippen LogP contribution in [-0.4, -0.2) is 0 Å². The van der Waals surface area contributed by atoms with E-state index < -0.39 is 0 Å². The van der Waals surface area contributed by atoms with Gasteiger partial charge >= 0.3 is 0 Å². The van der Waals surface area contributed by atoms with Crippen molar-refractivity contribution >= 4 is 10.8 Å². The first-order valence-corrected chi connectivity index (χ1v) is 12.3. The van der Waals surface area contributed by atoms with E-state index in [1.54, 1.807) is 12.1 Å². The molecule has 0 fully saturated rings. The highest BCUT2D eigenvalue weighted by Gasteiger charge is 2.06. The fourth-order valence-electron chi connectivity index (χ4n) is 3.94. The van der Waals surface area contributed by atoms with Crippen LogP contribution in [0.15, 0.2) is 104 Å². The van der Waals surface area contributed by atoms with E-state index in [0.29, 0.717) is 10.9 Å². The maximum atomic E-state index is 15.2. The largest absolute Gasteiger partial charge is 0.205 e. The molecule has 0 aliphatic heterocycles. The molecule has 36 heavy (non-hydrogen) atoms. The molecule has 0 saturated carbocycles. The van der Waals surface area contributed by atoms with Gasteiger partial charge in [-0.15, -0.1) is 6.58 Å². The van der Waals surface area contributed by atoms with Gasteiger partial charge in [0.05, 0.1) is 5.56 Å². The van der Waals surface area contributed by atoms with Gasteiger partial charge in [0.1, 0.15) is 5.82 Å². The second kappa shape index (κ2) is 12.4. The van der Waals surface area contributed by atoms with E-state index in [2.05, 4.69) is 66.7 Å². The molecule has 0 atom stereocenters. The molecule has 0 spiro atoms. The normalized spacial score (nSPS) is 10.5. The molecule has 0 aliphatic carbocycles. The first-order valence-electron chi connectivity index (χ1n) is 12.3. The van der Waals surface area contributed by atoms with E-state index in [4.69, 9.17) is 0 Å². The van der Waals surface area contributed by atoms with E-state index in [9.17, 15) is 0 Å². The highest BCUT2D eigenvalue weighted by Crippen LogP contribution is 2.22. The van der Waals surface area contributed by atoms with Crippen LogP contribution in [0.4, 0.5) is 4.39 Å². The third-order valence-corrected chi connectivity index (χ3v) is 6.03. The molecule has 4 aromatic carbocycles. The lowest BCUT2D eigenvalue weighted by atomic mass is 10.0. The number of halogens is 1. The lowest BCUT2D eigenvalue weighted by Crippen LogP contribution is -1.88. The summed E-state index contributed by atoms with van der Waals surface area (Å²) in [7, 11) is 0. The fourth-order valence-corrected chi connectivity index (χ4v) is 3.94. The van der Waals surface area contributed by atoms with Gasteiger partial charge in [-0.2, -0.15) is 0 Å². The predicted octanol–water partition coefficient (Wildman–Crippen LogP) is 8.41. The Morgan fingerprint density at radius 3 is 1.92 bits per heavy atom. The van der Waals surface area contributed by atoms with Crippen LogP contribution in [0.5, 0.6) is 0 Å². The molecule has 0 unspecified atom stereocenters. The summed E-state index contributed by atoms with van der Waals surface area (Å²) < 4.78 is 15.2. The minimum Gasteiger partial charge on any atom is -0.205 e. The van der Waals surface area contributed by atoms with Gasteiger partial charge in [-0.1, -0.05) is 78.3 Å². The van der Waals surface area contributed by atoms with Crippen LogP contribution in [0.25, 0.3) is 10.8 Å². The fraction of sp³-hybridized carbons (Fsp3) is 0.143. The van der Waals surface area contributed by atoms with E-state index in [0.717, 1.165) is 47.8 Å². The van der Waals surface area contributed by atoms with Crippen LogP contribution in [0.3, 0.4) is 0 Å². The van der Waals surface area contributed by atoms with Gasteiger partial charge in [-0.3, -0.25) is 0 Å². The molecular weight excluding hydrogens is 439 g/mol. The summed E-state index contributed by atoms with van der Waals surface area (Å²) in [6.45, 7) is 5.80. The van der Waals surface area contributed by atoms with Crippen LogP contribution in [0.1, 0.15) is 53.1 Å². The van der Waals surface area contributed by atoms with Crippen molar-refractivity contribution in [3.8, 4) is 23.7 Å². The van der Waals surface area contributed by atoms with Crippen molar-refractivity contribution in [2.24, 2.45) is 0 Å². The molecule has 0 bridgehead atoms. The Morgan fingerprint density at radius 1 is 0.694 bits per heavy atom. The van der Waals surface area contributed by atoms with E-state index in [1.807, 2.05) is 55.5 Å². The summed E-state index contributed by atoms with van der Waals surface area (Å²) in [6, 6.07) is 25.7. The molecule has 4 aromatic rings. The molecule has 176 valence electrons. The number of benzene rings is 4. The van der Waals surface area contributed by atoms with Crippen molar-refractivity contribution in [1.29, 1.82) is 0 Å². The summed E-state index contributed by atoms with van der Waals surface area (Å²) in [6.07, 6.45) is 10.2. The van der Waals surface area contributed by atoms with Crippen LogP contribution >= 0.6 is 0 Å². The SMILES string of the molecule is C=CCCc1ccc(C#Cc2ccc3c(F)c(C#Cc4ccc(CC/C=C/C)cc4)ccc3c2)cc1. The van der Waals surface area contributed by atoms with Gasteiger partial charge in [0, 0.05) is 22.1 Å². The lowest BCUT2D eigenvalue weighted by molar-refractivity contribution is 0.636. The second-order valence-corrected chi connectivity index (χ2v) is 8.69. The van der Waals surface area contributed by atoms with Gasteiger partial charge in [0.15, 0.2) is 0 Å². The molecule has 0 N–H and O–H groups in total. The van der Waals surface area contributed by atoms with Gasteiger partial charge < -0.3 is 0 Å². The Kier molecular flexibility index (Phi) is 8.53. The topological polar surface area (TPSA) is 0 Å². The standard InChI is InChI=1S/C35H29F/c1-3-5-7-9-28-12-16-30(17-13-28)20-22-32-23-24-33-26-31(21-25-34(33)35(32)36)19-18-29-14-10-27(11-15-29)8-6-4-2/h3-5,10-17,21,23-26H,2,6-9H2,1H3/b5-3+. The third kappa shape index (κ3) is 6.63. The summed E-state index contributed by atoms with van der Waals surface area (Å²) in [5.74, 6) is 12.2. The first-order chi connectivity index (χ1) is 17.7. The number of rotatable bonds is 6. The first kappa shape index (κ1) is 24.8. The number of hydrogen-bond acceptors (Lipinski definition) is 0. The summed E-state index contributed by atoms with van der Waals surface area (Å²) in [5.41, 5.74) is 5.64. The number of aryl methyl sites for hydroxylation is 2. The smallest absolute Gasteiger partial charge is 0.146 e. The van der Waals surface area contributed by atoms with Crippen molar-refractivity contribution in [1.82, 2.24) is 0 Å². The average molecular weight is 469 g/mol. The van der Waals surface area contributed by atoms with E-state index in [1.165, 1.54) is 11.1 Å².